The Morgan fingerprint density at radius 3 is 2.58 bits per heavy atom. The Hall–Kier alpha value is -3.15. The number of halogens is 6. The predicted octanol–water partition coefficient (Wildman–Crippen LogP) is 3.36. The minimum absolute atomic E-state index is 0.00969. The maximum atomic E-state index is 14.2. The summed E-state index contributed by atoms with van der Waals surface area (Å²) in [5.41, 5.74) is 3.94. The fraction of sp³-hybridized carbons (Fsp3) is 0.350. The summed E-state index contributed by atoms with van der Waals surface area (Å²) in [6, 6.07) is 3.38. The Morgan fingerprint density at radius 1 is 1.33 bits per heavy atom. The van der Waals surface area contributed by atoms with Gasteiger partial charge in [-0.1, -0.05) is 17.7 Å². The van der Waals surface area contributed by atoms with Crippen LogP contribution >= 0.6 is 11.6 Å². The highest BCUT2D eigenvalue weighted by molar-refractivity contribution is 6.30. The van der Waals surface area contributed by atoms with Gasteiger partial charge in [-0.2, -0.15) is 13.2 Å². The Bertz CT molecular complexity index is 1040. The second kappa shape index (κ2) is 9.00. The number of hydrogen-bond donors (Lipinski definition) is 2. The zero-order chi connectivity index (χ0) is 24.6. The number of alkyl halides is 3. The third-order valence-electron chi connectivity index (χ3n) is 5.29. The quantitative estimate of drug-likeness (QED) is 0.494. The number of carbonyl (C=O) groups excluding carboxylic acids is 2. The van der Waals surface area contributed by atoms with E-state index in [1.54, 1.807) is 0 Å². The second-order valence-corrected chi connectivity index (χ2v) is 7.87. The van der Waals surface area contributed by atoms with Gasteiger partial charge in [-0.15, -0.1) is 0 Å². The molecule has 0 saturated carbocycles. The van der Waals surface area contributed by atoms with E-state index >= 15 is 0 Å². The molecule has 2 atom stereocenters. The molecule has 1 unspecified atom stereocenters. The number of aromatic nitrogens is 1. The van der Waals surface area contributed by atoms with E-state index in [0.717, 1.165) is 29.3 Å². The summed E-state index contributed by atoms with van der Waals surface area (Å²) >= 11 is 5.82. The van der Waals surface area contributed by atoms with Crippen molar-refractivity contribution in [1.82, 2.24) is 15.2 Å². The van der Waals surface area contributed by atoms with Crippen molar-refractivity contribution in [2.24, 2.45) is 5.73 Å². The Morgan fingerprint density at radius 2 is 2.03 bits per heavy atom. The van der Waals surface area contributed by atoms with Gasteiger partial charge in [0, 0.05) is 31.3 Å². The number of piperazine rings is 1. The van der Waals surface area contributed by atoms with Crippen LogP contribution in [-0.4, -0.2) is 53.2 Å². The molecular weight excluding hydrogens is 475 g/mol. The fourth-order valence-corrected chi connectivity index (χ4v) is 4.04. The van der Waals surface area contributed by atoms with Gasteiger partial charge in [-0.3, -0.25) is 4.79 Å². The predicted molar refractivity (Wildman–Crippen MR) is 107 cm³/mol. The summed E-state index contributed by atoms with van der Waals surface area (Å²) in [5.74, 6) is -4.79. The number of ether oxygens (including phenoxy) is 1. The minimum atomic E-state index is -4.58. The normalized spacial score (nSPS) is 19.7. The molecule has 1 aromatic heterocycles. The highest BCUT2D eigenvalue weighted by atomic mass is 35.5. The molecule has 7 nitrogen and oxygen atoms in total. The number of amides is 3. The molecule has 0 bridgehead atoms. The molecule has 3 amide bonds. The third kappa shape index (κ3) is 4.95. The zero-order valence-electron chi connectivity index (χ0n) is 17.0. The van der Waals surface area contributed by atoms with Crippen molar-refractivity contribution >= 4 is 23.5 Å². The molecule has 178 valence electrons. The Labute approximate surface area is 189 Å². The van der Waals surface area contributed by atoms with E-state index in [2.05, 4.69) is 15.0 Å². The van der Waals surface area contributed by atoms with Crippen molar-refractivity contribution in [2.45, 2.75) is 24.6 Å². The molecule has 3 N–H and O–H groups in total. The number of pyridine rings is 1. The van der Waals surface area contributed by atoms with Crippen molar-refractivity contribution in [3.63, 3.8) is 0 Å². The first-order chi connectivity index (χ1) is 15.3. The maximum Gasteiger partial charge on any atom is 0.422 e. The number of rotatable bonds is 5. The molecular formula is C20H18ClF5N4O3. The molecule has 1 saturated heterocycles. The van der Waals surface area contributed by atoms with E-state index < -0.39 is 52.8 Å². The fourth-order valence-electron chi connectivity index (χ4n) is 3.83. The van der Waals surface area contributed by atoms with Gasteiger partial charge in [0.15, 0.2) is 18.2 Å². The van der Waals surface area contributed by atoms with Crippen LogP contribution in [0.5, 0.6) is 5.88 Å². The standard InChI is InChI=1S/C20H18ClF5N4O3/c1-19(17(31)28-4-5-30(19)18(27)32)15(11-6-12(21)16(23)13(22)7-11)10-2-3-14(29-8-10)33-9-20(24,25)26/h2-3,6-8,15H,4-5,9H2,1H3,(H2,27,32)(H,28,31)/t15-,19?/m1/s1. The van der Waals surface area contributed by atoms with E-state index in [1.165, 1.54) is 13.0 Å². The van der Waals surface area contributed by atoms with Crippen molar-refractivity contribution in [1.29, 1.82) is 0 Å². The number of nitrogens with one attached hydrogen (secondary N) is 1. The number of nitrogens with two attached hydrogens (primary N) is 1. The second-order valence-electron chi connectivity index (χ2n) is 7.46. The number of urea groups is 1. The molecule has 13 heteroatoms. The lowest BCUT2D eigenvalue weighted by Crippen LogP contribution is -2.68. The smallest absolute Gasteiger partial charge is 0.422 e. The number of benzene rings is 1. The average Bonchev–Trinajstić information content (AvgIpc) is 2.73. The maximum absolute atomic E-state index is 14.2. The topological polar surface area (TPSA) is 97.6 Å². The van der Waals surface area contributed by atoms with Gasteiger partial charge in [0.05, 0.1) is 5.02 Å². The summed E-state index contributed by atoms with van der Waals surface area (Å²) in [6.07, 6.45) is -3.47. The number of carbonyl (C=O) groups is 2. The summed E-state index contributed by atoms with van der Waals surface area (Å²) in [5, 5.41) is 2.04. The van der Waals surface area contributed by atoms with Gasteiger partial charge in [-0.05, 0) is 30.2 Å². The monoisotopic (exact) mass is 492 g/mol. The third-order valence-corrected chi connectivity index (χ3v) is 5.56. The molecule has 33 heavy (non-hydrogen) atoms. The summed E-state index contributed by atoms with van der Waals surface area (Å²) < 4.78 is 69.9. The van der Waals surface area contributed by atoms with Crippen molar-refractivity contribution < 1.29 is 36.3 Å². The van der Waals surface area contributed by atoms with Gasteiger partial charge in [-0.25, -0.2) is 18.6 Å². The first-order valence-electron chi connectivity index (χ1n) is 9.50. The lowest BCUT2D eigenvalue weighted by atomic mass is 9.74. The van der Waals surface area contributed by atoms with Crippen molar-refractivity contribution in [2.75, 3.05) is 19.7 Å². The van der Waals surface area contributed by atoms with Gasteiger partial charge >= 0.3 is 12.2 Å². The van der Waals surface area contributed by atoms with Crippen LogP contribution in [0.2, 0.25) is 5.02 Å². The van der Waals surface area contributed by atoms with Crippen LogP contribution in [0.25, 0.3) is 0 Å². The van der Waals surface area contributed by atoms with Crippen LogP contribution in [0, 0.1) is 11.6 Å². The van der Waals surface area contributed by atoms with Crippen molar-refractivity contribution in [3.8, 4) is 5.88 Å². The molecule has 0 radical (unpaired) electrons. The zero-order valence-corrected chi connectivity index (χ0v) is 17.8. The molecule has 1 aliphatic rings. The molecule has 2 aromatic rings. The van der Waals surface area contributed by atoms with Gasteiger partial charge in [0.1, 0.15) is 5.54 Å². The van der Waals surface area contributed by atoms with Gasteiger partial charge in [0.2, 0.25) is 11.8 Å². The largest absolute Gasteiger partial charge is 0.468 e. The molecule has 1 fully saturated rings. The summed E-state index contributed by atoms with van der Waals surface area (Å²) in [7, 11) is 0. The number of hydrogen-bond acceptors (Lipinski definition) is 4. The first-order valence-corrected chi connectivity index (χ1v) is 9.87. The Kier molecular flexibility index (Phi) is 6.68. The van der Waals surface area contributed by atoms with E-state index in [4.69, 9.17) is 17.3 Å². The molecule has 1 aliphatic heterocycles. The molecule has 2 heterocycles. The lowest BCUT2D eigenvalue weighted by Gasteiger charge is -2.47. The summed E-state index contributed by atoms with van der Waals surface area (Å²) in [4.78, 5) is 30.1. The highest BCUT2D eigenvalue weighted by Gasteiger charge is 2.51. The average molecular weight is 493 g/mol. The van der Waals surface area contributed by atoms with Crippen LogP contribution in [0.1, 0.15) is 24.0 Å². The van der Waals surface area contributed by atoms with E-state index in [9.17, 15) is 31.5 Å². The highest BCUT2D eigenvalue weighted by Crippen LogP contribution is 2.42. The summed E-state index contributed by atoms with van der Waals surface area (Å²) in [6.45, 7) is -0.0753. The van der Waals surface area contributed by atoms with E-state index in [0.29, 0.717) is 0 Å². The van der Waals surface area contributed by atoms with Crippen LogP contribution < -0.4 is 15.8 Å². The molecule has 0 aliphatic carbocycles. The Balaban J connectivity index is 2.14. The van der Waals surface area contributed by atoms with Gasteiger partial charge < -0.3 is 20.7 Å². The van der Waals surface area contributed by atoms with Crippen LogP contribution in [0.3, 0.4) is 0 Å². The number of nitrogens with zero attached hydrogens (tertiary/aromatic N) is 2. The van der Waals surface area contributed by atoms with Crippen LogP contribution in [0.15, 0.2) is 30.5 Å². The first kappa shape index (κ1) is 24.5. The van der Waals surface area contributed by atoms with Crippen LogP contribution in [0.4, 0.5) is 26.7 Å². The molecule has 1 aromatic carbocycles. The van der Waals surface area contributed by atoms with Crippen LogP contribution in [-0.2, 0) is 4.79 Å². The lowest BCUT2D eigenvalue weighted by molar-refractivity contribution is -0.154. The number of primary amides is 1. The minimum Gasteiger partial charge on any atom is -0.468 e. The SMILES string of the molecule is CC1([C@H](c2ccc(OCC(F)(F)F)nc2)c2cc(F)c(F)c(Cl)c2)C(=O)NCCN1C(N)=O. The van der Waals surface area contributed by atoms with E-state index in [-0.39, 0.29) is 30.1 Å². The van der Waals surface area contributed by atoms with Gasteiger partial charge in [0.25, 0.3) is 0 Å². The van der Waals surface area contributed by atoms with Crippen molar-refractivity contribution in [3.05, 3.63) is 58.2 Å². The molecule has 3 rings (SSSR count). The van der Waals surface area contributed by atoms with E-state index in [1.807, 2.05) is 0 Å². The molecule has 0 spiro atoms.